The van der Waals surface area contributed by atoms with Gasteiger partial charge in [0, 0.05) is 29.8 Å². The van der Waals surface area contributed by atoms with E-state index in [-0.39, 0.29) is 0 Å². The second-order valence-electron chi connectivity index (χ2n) is 5.68. The summed E-state index contributed by atoms with van der Waals surface area (Å²) in [4.78, 5) is 10.4. The number of nitrogens with zero attached hydrogens (tertiary/aromatic N) is 7. The average molecular weight is 331 g/mol. The summed E-state index contributed by atoms with van der Waals surface area (Å²) in [6.45, 7) is 2.12. The number of tetrazole rings is 1. The quantitative estimate of drug-likeness (QED) is 0.575. The molecule has 0 saturated carbocycles. The molecule has 7 nitrogen and oxygen atoms in total. The van der Waals surface area contributed by atoms with Gasteiger partial charge in [0.25, 0.3) is 0 Å². The standard InChI is InChI=1S/C18H17N7/c1-3-13-4-9-16(20-12-13)18-19-10-11-25(18)15-7-5-14(6-8-15)17-21-23-24(2)22-17/h4-12H,3H2,1-2H3. The Kier molecular flexibility index (Phi) is 3.81. The first-order valence-corrected chi connectivity index (χ1v) is 8.08. The molecule has 0 N–H and O–H groups in total. The first kappa shape index (κ1) is 15.2. The molecule has 0 bridgehead atoms. The minimum atomic E-state index is 0.608. The molecule has 0 atom stereocenters. The van der Waals surface area contributed by atoms with Crippen LogP contribution in [0.4, 0.5) is 0 Å². The van der Waals surface area contributed by atoms with Gasteiger partial charge in [0.1, 0.15) is 5.69 Å². The highest BCUT2D eigenvalue weighted by molar-refractivity contribution is 5.59. The maximum atomic E-state index is 4.53. The van der Waals surface area contributed by atoms with Gasteiger partial charge < -0.3 is 0 Å². The number of aromatic nitrogens is 7. The van der Waals surface area contributed by atoms with Gasteiger partial charge in [-0.2, -0.15) is 4.80 Å². The van der Waals surface area contributed by atoms with E-state index >= 15 is 0 Å². The van der Waals surface area contributed by atoms with Gasteiger partial charge in [-0.05, 0) is 47.5 Å². The van der Waals surface area contributed by atoms with E-state index in [4.69, 9.17) is 0 Å². The van der Waals surface area contributed by atoms with Crippen molar-refractivity contribution in [3.63, 3.8) is 0 Å². The van der Waals surface area contributed by atoms with Crippen molar-refractivity contribution in [2.45, 2.75) is 13.3 Å². The molecule has 0 aliphatic carbocycles. The van der Waals surface area contributed by atoms with E-state index in [0.717, 1.165) is 29.2 Å². The Morgan fingerprint density at radius 3 is 2.48 bits per heavy atom. The van der Waals surface area contributed by atoms with E-state index in [1.54, 1.807) is 13.2 Å². The van der Waals surface area contributed by atoms with Gasteiger partial charge >= 0.3 is 0 Å². The topological polar surface area (TPSA) is 74.3 Å². The smallest absolute Gasteiger partial charge is 0.204 e. The Morgan fingerprint density at radius 1 is 1.00 bits per heavy atom. The van der Waals surface area contributed by atoms with Crippen molar-refractivity contribution in [2.24, 2.45) is 7.05 Å². The average Bonchev–Trinajstić information content (AvgIpc) is 3.31. The van der Waals surface area contributed by atoms with Crippen LogP contribution in [0, 0.1) is 0 Å². The van der Waals surface area contributed by atoms with Gasteiger partial charge in [-0.1, -0.05) is 13.0 Å². The minimum absolute atomic E-state index is 0.608. The minimum Gasteiger partial charge on any atom is -0.299 e. The van der Waals surface area contributed by atoms with E-state index < -0.39 is 0 Å². The van der Waals surface area contributed by atoms with Gasteiger partial charge in [-0.3, -0.25) is 9.55 Å². The summed E-state index contributed by atoms with van der Waals surface area (Å²) in [7, 11) is 1.75. The number of benzene rings is 1. The van der Waals surface area contributed by atoms with Crippen LogP contribution in [-0.4, -0.2) is 34.7 Å². The number of aryl methyl sites for hydroxylation is 2. The fourth-order valence-electron chi connectivity index (χ4n) is 2.64. The third kappa shape index (κ3) is 2.91. The lowest BCUT2D eigenvalue weighted by Crippen LogP contribution is -1.98. The van der Waals surface area contributed by atoms with Gasteiger partial charge in [0.05, 0.1) is 7.05 Å². The van der Waals surface area contributed by atoms with E-state index in [1.165, 1.54) is 10.4 Å². The van der Waals surface area contributed by atoms with Crippen molar-refractivity contribution in [2.75, 3.05) is 0 Å². The summed E-state index contributed by atoms with van der Waals surface area (Å²) < 4.78 is 2.02. The lowest BCUT2D eigenvalue weighted by molar-refractivity contribution is 0.630. The largest absolute Gasteiger partial charge is 0.299 e. The third-order valence-corrected chi connectivity index (χ3v) is 4.01. The highest BCUT2D eigenvalue weighted by Crippen LogP contribution is 2.22. The molecule has 3 heterocycles. The molecule has 124 valence electrons. The molecule has 4 aromatic rings. The fourth-order valence-corrected chi connectivity index (χ4v) is 2.64. The molecule has 0 amide bonds. The van der Waals surface area contributed by atoms with E-state index in [0.29, 0.717) is 5.82 Å². The highest BCUT2D eigenvalue weighted by Gasteiger charge is 2.10. The summed E-state index contributed by atoms with van der Waals surface area (Å²) >= 11 is 0. The first-order chi connectivity index (χ1) is 12.2. The molecule has 3 aromatic heterocycles. The molecular formula is C18H17N7. The second-order valence-corrected chi connectivity index (χ2v) is 5.68. The predicted molar refractivity (Wildman–Crippen MR) is 94.0 cm³/mol. The monoisotopic (exact) mass is 331 g/mol. The van der Waals surface area contributed by atoms with Crippen molar-refractivity contribution in [3.05, 3.63) is 60.6 Å². The maximum Gasteiger partial charge on any atom is 0.204 e. The Balaban J connectivity index is 1.67. The van der Waals surface area contributed by atoms with Crippen LogP contribution in [0.1, 0.15) is 12.5 Å². The lowest BCUT2D eigenvalue weighted by atomic mass is 10.2. The molecule has 25 heavy (non-hydrogen) atoms. The summed E-state index contributed by atoms with van der Waals surface area (Å²) in [6.07, 6.45) is 6.58. The van der Waals surface area contributed by atoms with Crippen molar-refractivity contribution >= 4 is 0 Å². The summed E-state index contributed by atoms with van der Waals surface area (Å²) in [5, 5.41) is 12.1. The van der Waals surface area contributed by atoms with Gasteiger partial charge in [0.15, 0.2) is 5.82 Å². The van der Waals surface area contributed by atoms with Crippen LogP contribution < -0.4 is 0 Å². The maximum absolute atomic E-state index is 4.53. The van der Waals surface area contributed by atoms with Crippen molar-refractivity contribution in [1.82, 2.24) is 34.7 Å². The van der Waals surface area contributed by atoms with Crippen LogP contribution in [0.15, 0.2) is 55.0 Å². The predicted octanol–water partition coefficient (Wildman–Crippen LogP) is 2.69. The number of pyridine rings is 1. The Bertz CT molecular complexity index is 981. The van der Waals surface area contributed by atoms with Crippen molar-refractivity contribution < 1.29 is 0 Å². The number of rotatable bonds is 4. The zero-order chi connectivity index (χ0) is 17.2. The van der Waals surface area contributed by atoms with E-state index in [2.05, 4.69) is 38.4 Å². The van der Waals surface area contributed by atoms with Crippen LogP contribution in [-0.2, 0) is 13.5 Å². The number of imidazole rings is 1. The summed E-state index contributed by atoms with van der Waals surface area (Å²) in [5.74, 6) is 1.42. The number of hydrogen-bond acceptors (Lipinski definition) is 5. The summed E-state index contributed by atoms with van der Waals surface area (Å²) in [5.41, 5.74) is 3.98. The van der Waals surface area contributed by atoms with Crippen LogP contribution >= 0.6 is 0 Å². The lowest BCUT2D eigenvalue weighted by Gasteiger charge is -2.08. The molecule has 1 aromatic carbocycles. The Labute approximate surface area is 145 Å². The third-order valence-electron chi connectivity index (χ3n) is 4.01. The molecule has 0 fully saturated rings. The molecule has 4 rings (SSSR count). The number of hydrogen-bond donors (Lipinski definition) is 0. The van der Waals surface area contributed by atoms with Crippen LogP contribution in [0.5, 0.6) is 0 Å². The molecule has 0 aliphatic heterocycles. The van der Waals surface area contributed by atoms with Gasteiger partial charge in [-0.15, -0.1) is 10.2 Å². The summed E-state index contributed by atoms with van der Waals surface area (Å²) in [6, 6.07) is 12.1. The fraction of sp³-hybridized carbons (Fsp3) is 0.167. The Morgan fingerprint density at radius 2 is 1.84 bits per heavy atom. The van der Waals surface area contributed by atoms with Crippen molar-refractivity contribution in [3.8, 4) is 28.6 Å². The molecule has 7 heteroatoms. The molecule has 0 spiro atoms. The Hall–Kier alpha value is -3.35. The normalized spacial score (nSPS) is 11.0. The molecular weight excluding hydrogens is 314 g/mol. The van der Waals surface area contributed by atoms with Gasteiger partial charge in [0.2, 0.25) is 5.82 Å². The van der Waals surface area contributed by atoms with Gasteiger partial charge in [-0.25, -0.2) is 4.98 Å². The molecule has 0 unspecified atom stereocenters. The van der Waals surface area contributed by atoms with E-state index in [1.807, 2.05) is 47.3 Å². The van der Waals surface area contributed by atoms with Crippen molar-refractivity contribution in [1.29, 1.82) is 0 Å². The molecule has 0 saturated heterocycles. The highest BCUT2D eigenvalue weighted by atomic mass is 15.6. The van der Waals surface area contributed by atoms with Crippen LogP contribution in [0.2, 0.25) is 0 Å². The van der Waals surface area contributed by atoms with E-state index in [9.17, 15) is 0 Å². The zero-order valence-corrected chi connectivity index (χ0v) is 14.0. The molecule has 0 aliphatic rings. The van der Waals surface area contributed by atoms with Crippen LogP contribution in [0.25, 0.3) is 28.6 Å². The second kappa shape index (κ2) is 6.27. The molecule has 0 radical (unpaired) electrons. The zero-order valence-electron chi connectivity index (χ0n) is 14.0. The SMILES string of the molecule is CCc1ccc(-c2nccn2-c2ccc(-c3nnn(C)n3)cc2)nc1. The first-order valence-electron chi connectivity index (χ1n) is 8.08. The van der Waals surface area contributed by atoms with Crippen LogP contribution in [0.3, 0.4) is 0 Å².